The molecule has 20 heavy (non-hydrogen) atoms. The summed E-state index contributed by atoms with van der Waals surface area (Å²) in [5, 5.41) is 0. The Morgan fingerprint density at radius 3 is 2.45 bits per heavy atom. The van der Waals surface area contributed by atoms with Crippen LogP contribution in [-0.2, 0) is 9.53 Å². The highest BCUT2D eigenvalue weighted by molar-refractivity contribution is 5.99. The van der Waals surface area contributed by atoms with Gasteiger partial charge in [-0.2, -0.15) is 0 Å². The van der Waals surface area contributed by atoms with Crippen molar-refractivity contribution in [3.8, 4) is 0 Å². The topological polar surface area (TPSA) is 89.7 Å². The van der Waals surface area contributed by atoms with E-state index in [2.05, 4.69) is 4.74 Å². The first-order valence-corrected chi connectivity index (χ1v) is 6.10. The molecule has 0 bridgehead atoms. The molecule has 0 fully saturated rings. The number of nitrogens with zero attached hydrogens (tertiary/aromatic N) is 1. The maximum Gasteiger partial charge on any atom is 0.310 e. The van der Waals surface area contributed by atoms with Gasteiger partial charge >= 0.3 is 5.97 Å². The summed E-state index contributed by atoms with van der Waals surface area (Å²) in [6.45, 7) is 1.90. The molecular weight excluding hydrogens is 260 g/mol. The van der Waals surface area contributed by atoms with Gasteiger partial charge in [-0.3, -0.25) is 14.4 Å². The Hall–Kier alpha value is -2.37. The number of rotatable bonds is 5. The zero-order valence-corrected chi connectivity index (χ0v) is 11.8. The van der Waals surface area contributed by atoms with Crippen molar-refractivity contribution in [1.82, 2.24) is 4.90 Å². The van der Waals surface area contributed by atoms with Crippen LogP contribution < -0.4 is 5.73 Å². The van der Waals surface area contributed by atoms with Gasteiger partial charge in [-0.05, 0) is 18.2 Å². The van der Waals surface area contributed by atoms with E-state index in [0.717, 1.165) is 0 Å². The maximum absolute atomic E-state index is 12.2. The molecule has 108 valence electrons. The first kappa shape index (κ1) is 15.7. The Morgan fingerprint density at radius 1 is 1.30 bits per heavy atom. The minimum absolute atomic E-state index is 0.228. The fraction of sp³-hybridized carbons (Fsp3) is 0.357. The van der Waals surface area contributed by atoms with Crippen molar-refractivity contribution in [1.29, 1.82) is 0 Å². The lowest BCUT2D eigenvalue weighted by atomic mass is 10.1. The fourth-order valence-corrected chi connectivity index (χ4v) is 1.80. The molecule has 1 aromatic carbocycles. The van der Waals surface area contributed by atoms with Crippen molar-refractivity contribution in [2.24, 2.45) is 11.7 Å². The van der Waals surface area contributed by atoms with Gasteiger partial charge < -0.3 is 15.4 Å². The fourth-order valence-electron chi connectivity index (χ4n) is 1.80. The summed E-state index contributed by atoms with van der Waals surface area (Å²) < 4.78 is 4.61. The van der Waals surface area contributed by atoms with Crippen LogP contribution in [0.2, 0.25) is 0 Å². The van der Waals surface area contributed by atoms with Crippen molar-refractivity contribution < 1.29 is 19.1 Å². The van der Waals surface area contributed by atoms with Crippen molar-refractivity contribution in [3.63, 3.8) is 0 Å². The van der Waals surface area contributed by atoms with Gasteiger partial charge in [0, 0.05) is 24.7 Å². The molecule has 0 aliphatic rings. The third-order valence-electron chi connectivity index (χ3n) is 2.89. The molecule has 0 aliphatic carbocycles. The summed E-state index contributed by atoms with van der Waals surface area (Å²) in [7, 11) is 2.88. The zero-order chi connectivity index (χ0) is 15.3. The van der Waals surface area contributed by atoms with E-state index >= 15 is 0 Å². The average Bonchev–Trinajstić information content (AvgIpc) is 2.45. The molecule has 6 heteroatoms. The summed E-state index contributed by atoms with van der Waals surface area (Å²) >= 11 is 0. The third-order valence-corrected chi connectivity index (χ3v) is 2.89. The molecule has 1 aromatic rings. The van der Waals surface area contributed by atoms with Crippen LogP contribution in [0.15, 0.2) is 24.3 Å². The number of esters is 1. The molecule has 0 heterocycles. The predicted molar refractivity (Wildman–Crippen MR) is 73.1 cm³/mol. The summed E-state index contributed by atoms with van der Waals surface area (Å²) in [4.78, 5) is 36.0. The number of carbonyl (C=O) groups is 3. The monoisotopic (exact) mass is 278 g/mol. The second kappa shape index (κ2) is 6.70. The lowest BCUT2D eigenvalue weighted by molar-refractivity contribution is -0.145. The first-order valence-electron chi connectivity index (χ1n) is 6.10. The molecule has 0 saturated heterocycles. The Morgan fingerprint density at radius 2 is 1.90 bits per heavy atom. The second-order valence-electron chi connectivity index (χ2n) is 4.55. The Labute approximate surface area is 117 Å². The molecule has 0 radical (unpaired) electrons. The zero-order valence-electron chi connectivity index (χ0n) is 11.8. The number of hydrogen-bond acceptors (Lipinski definition) is 4. The van der Waals surface area contributed by atoms with Gasteiger partial charge in [0.25, 0.3) is 5.91 Å². The highest BCUT2D eigenvalue weighted by atomic mass is 16.5. The second-order valence-corrected chi connectivity index (χ2v) is 4.55. The smallest absolute Gasteiger partial charge is 0.310 e. The molecule has 0 saturated carbocycles. The average molecular weight is 278 g/mol. The van der Waals surface area contributed by atoms with Gasteiger partial charge in [0.2, 0.25) is 5.91 Å². The van der Waals surface area contributed by atoms with E-state index in [0.29, 0.717) is 5.56 Å². The Bertz CT molecular complexity index is 528. The van der Waals surface area contributed by atoms with E-state index < -0.39 is 11.8 Å². The van der Waals surface area contributed by atoms with Crippen LogP contribution in [0.25, 0.3) is 0 Å². The summed E-state index contributed by atoms with van der Waals surface area (Å²) in [6.07, 6.45) is 0. The van der Waals surface area contributed by atoms with Crippen molar-refractivity contribution in [3.05, 3.63) is 35.4 Å². The van der Waals surface area contributed by atoms with Gasteiger partial charge in [-0.25, -0.2) is 0 Å². The molecule has 0 aromatic heterocycles. The van der Waals surface area contributed by atoms with E-state index in [1.54, 1.807) is 26.1 Å². The van der Waals surface area contributed by atoms with Crippen LogP contribution in [0.3, 0.4) is 0 Å². The van der Waals surface area contributed by atoms with Crippen molar-refractivity contribution in [2.45, 2.75) is 6.92 Å². The predicted octanol–water partition coefficient (Wildman–Crippen LogP) is 0.667. The molecule has 0 spiro atoms. The first-order chi connectivity index (χ1) is 9.36. The number of nitrogens with two attached hydrogens (primary N) is 1. The highest BCUT2D eigenvalue weighted by Crippen LogP contribution is 2.09. The quantitative estimate of drug-likeness (QED) is 0.801. The van der Waals surface area contributed by atoms with Crippen LogP contribution in [-0.4, -0.2) is 43.4 Å². The number of amides is 2. The van der Waals surface area contributed by atoms with Gasteiger partial charge in [-0.1, -0.05) is 13.0 Å². The summed E-state index contributed by atoms with van der Waals surface area (Å²) in [5.41, 5.74) is 5.79. The number of benzene rings is 1. The summed E-state index contributed by atoms with van der Waals surface area (Å²) in [6, 6.07) is 6.15. The van der Waals surface area contributed by atoms with Crippen molar-refractivity contribution >= 4 is 17.8 Å². The van der Waals surface area contributed by atoms with E-state index in [1.807, 2.05) is 0 Å². The SMILES string of the molecule is COC(=O)C(C)CN(C)C(=O)c1cccc(C(N)=O)c1. The maximum atomic E-state index is 12.2. The molecule has 0 aliphatic heterocycles. The molecular formula is C14H18N2O4. The molecule has 2 N–H and O–H groups in total. The van der Waals surface area contributed by atoms with E-state index in [1.165, 1.54) is 24.1 Å². The van der Waals surface area contributed by atoms with Crippen LogP contribution in [0, 0.1) is 5.92 Å². The molecule has 1 unspecified atom stereocenters. The van der Waals surface area contributed by atoms with Gasteiger partial charge in [-0.15, -0.1) is 0 Å². The van der Waals surface area contributed by atoms with Crippen LogP contribution in [0.4, 0.5) is 0 Å². The molecule has 1 atom stereocenters. The van der Waals surface area contributed by atoms with Crippen LogP contribution in [0.5, 0.6) is 0 Å². The largest absolute Gasteiger partial charge is 0.469 e. The Kier molecular flexibility index (Phi) is 5.25. The standard InChI is InChI=1S/C14H18N2O4/c1-9(14(19)20-3)8-16(2)13(18)11-6-4-5-10(7-11)12(15)17/h4-7,9H,8H2,1-3H3,(H2,15,17). The van der Waals surface area contributed by atoms with Crippen LogP contribution in [0.1, 0.15) is 27.6 Å². The number of hydrogen-bond donors (Lipinski definition) is 1. The number of primary amides is 1. The van der Waals surface area contributed by atoms with Gasteiger partial charge in [0.05, 0.1) is 13.0 Å². The van der Waals surface area contributed by atoms with E-state index in [9.17, 15) is 14.4 Å². The minimum Gasteiger partial charge on any atom is -0.469 e. The number of ether oxygens (including phenoxy) is 1. The Balaban J connectivity index is 2.81. The lowest BCUT2D eigenvalue weighted by Gasteiger charge is -2.20. The molecule has 2 amide bonds. The van der Waals surface area contributed by atoms with E-state index in [-0.39, 0.29) is 24.0 Å². The third kappa shape index (κ3) is 3.81. The van der Waals surface area contributed by atoms with Gasteiger partial charge in [0.1, 0.15) is 0 Å². The lowest BCUT2D eigenvalue weighted by Crippen LogP contribution is -2.34. The highest BCUT2D eigenvalue weighted by Gasteiger charge is 2.20. The summed E-state index contributed by atoms with van der Waals surface area (Å²) in [5.74, 6) is -1.68. The normalized spacial score (nSPS) is 11.6. The van der Waals surface area contributed by atoms with Crippen molar-refractivity contribution in [2.75, 3.05) is 20.7 Å². The molecule has 6 nitrogen and oxygen atoms in total. The van der Waals surface area contributed by atoms with Gasteiger partial charge in [0.15, 0.2) is 0 Å². The van der Waals surface area contributed by atoms with Crippen LogP contribution >= 0.6 is 0 Å². The van der Waals surface area contributed by atoms with E-state index in [4.69, 9.17) is 5.73 Å². The minimum atomic E-state index is -0.592. The number of methoxy groups -OCH3 is 1. The molecule has 1 rings (SSSR count). The number of carbonyl (C=O) groups excluding carboxylic acids is 3.